The normalized spacial score (nSPS) is 21.8. The second-order valence-electron chi connectivity index (χ2n) is 5.43. The Balaban J connectivity index is 1.82. The van der Waals surface area contributed by atoms with E-state index in [1.165, 1.54) is 18.2 Å². The van der Waals surface area contributed by atoms with Gasteiger partial charge in [0.25, 0.3) is 5.91 Å². The highest BCUT2D eigenvalue weighted by Gasteiger charge is 2.26. The third-order valence-electron chi connectivity index (χ3n) is 3.96. The summed E-state index contributed by atoms with van der Waals surface area (Å²) in [6.07, 6.45) is 2.96. The van der Waals surface area contributed by atoms with E-state index in [4.69, 9.17) is 16.7 Å². The van der Waals surface area contributed by atoms with Crippen LogP contribution in [0.3, 0.4) is 0 Å². The van der Waals surface area contributed by atoms with Crippen molar-refractivity contribution in [2.24, 2.45) is 11.8 Å². The molecule has 0 aliphatic heterocycles. The number of carbonyl (C=O) groups is 2. The average molecular weight is 312 g/mol. The van der Waals surface area contributed by atoms with Gasteiger partial charge in [0, 0.05) is 12.1 Å². The van der Waals surface area contributed by atoms with Crippen LogP contribution in [0.25, 0.3) is 0 Å². The van der Waals surface area contributed by atoms with E-state index in [1.54, 1.807) is 0 Å². The summed E-state index contributed by atoms with van der Waals surface area (Å²) in [6, 6.07) is 4.32. The summed E-state index contributed by atoms with van der Waals surface area (Å²) in [6.45, 7) is 0.531. The number of phenolic OH excluding ortho intramolecular Hbond substituents is 1. The summed E-state index contributed by atoms with van der Waals surface area (Å²) in [5.74, 6) is -0.946. The molecule has 1 amide bonds. The van der Waals surface area contributed by atoms with Crippen LogP contribution in [0, 0.1) is 11.8 Å². The molecule has 6 heteroatoms. The summed E-state index contributed by atoms with van der Waals surface area (Å²) in [5, 5.41) is 21.2. The molecule has 0 bridgehead atoms. The molecule has 0 unspecified atom stereocenters. The Hall–Kier alpha value is -1.75. The summed E-state index contributed by atoms with van der Waals surface area (Å²) in [4.78, 5) is 22.8. The maximum Gasteiger partial charge on any atom is 0.306 e. The van der Waals surface area contributed by atoms with Crippen molar-refractivity contribution in [1.29, 1.82) is 0 Å². The van der Waals surface area contributed by atoms with E-state index >= 15 is 0 Å². The van der Waals surface area contributed by atoms with Gasteiger partial charge in [0.1, 0.15) is 5.75 Å². The molecule has 0 radical (unpaired) electrons. The maximum atomic E-state index is 12.0. The third kappa shape index (κ3) is 4.11. The standard InChI is InChI=1S/C15H18ClNO4/c16-12-7-11(5-6-13(12)18)14(19)17-8-9-1-3-10(4-2-9)15(20)21/h5-7,9-10,18H,1-4,8H2,(H,17,19)(H,20,21). The van der Waals surface area contributed by atoms with Crippen molar-refractivity contribution in [3.05, 3.63) is 28.8 Å². The second kappa shape index (κ2) is 6.80. The Bertz CT molecular complexity index is 538. The highest BCUT2D eigenvalue weighted by Crippen LogP contribution is 2.28. The van der Waals surface area contributed by atoms with Gasteiger partial charge in [0.15, 0.2) is 0 Å². The van der Waals surface area contributed by atoms with E-state index in [2.05, 4.69) is 5.32 Å². The molecule has 0 atom stereocenters. The Labute approximate surface area is 127 Å². The van der Waals surface area contributed by atoms with Gasteiger partial charge in [-0.3, -0.25) is 9.59 Å². The molecule has 2 rings (SSSR count). The zero-order chi connectivity index (χ0) is 15.4. The van der Waals surface area contributed by atoms with Crippen LogP contribution in [0.1, 0.15) is 36.0 Å². The quantitative estimate of drug-likeness (QED) is 0.798. The summed E-state index contributed by atoms with van der Waals surface area (Å²) in [7, 11) is 0. The number of halogens is 1. The van der Waals surface area contributed by atoms with E-state index < -0.39 is 5.97 Å². The Morgan fingerprint density at radius 2 is 1.90 bits per heavy atom. The molecule has 1 aromatic carbocycles. The molecule has 1 aliphatic carbocycles. The number of aromatic hydroxyl groups is 1. The molecule has 0 heterocycles. The topological polar surface area (TPSA) is 86.6 Å². The number of carboxylic acids is 1. The molecule has 5 nitrogen and oxygen atoms in total. The first-order chi connectivity index (χ1) is 9.97. The van der Waals surface area contributed by atoms with E-state index in [0.717, 1.165) is 12.8 Å². The zero-order valence-electron chi connectivity index (χ0n) is 11.5. The van der Waals surface area contributed by atoms with Crippen LogP contribution < -0.4 is 5.32 Å². The predicted molar refractivity (Wildman–Crippen MR) is 78.5 cm³/mol. The van der Waals surface area contributed by atoms with Gasteiger partial charge in [-0.15, -0.1) is 0 Å². The number of hydrogen-bond acceptors (Lipinski definition) is 3. The largest absolute Gasteiger partial charge is 0.506 e. The fourth-order valence-corrected chi connectivity index (χ4v) is 2.78. The molecule has 1 saturated carbocycles. The number of amides is 1. The van der Waals surface area contributed by atoms with Crippen molar-refractivity contribution in [2.75, 3.05) is 6.54 Å². The van der Waals surface area contributed by atoms with Crippen LogP contribution in [0.4, 0.5) is 0 Å². The van der Waals surface area contributed by atoms with Gasteiger partial charge in [0.2, 0.25) is 0 Å². The van der Waals surface area contributed by atoms with Gasteiger partial charge >= 0.3 is 5.97 Å². The van der Waals surface area contributed by atoms with Crippen molar-refractivity contribution in [3.8, 4) is 5.75 Å². The summed E-state index contributed by atoms with van der Waals surface area (Å²) in [5.41, 5.74) is 0.400. The SMILES string of the molecule is O=C(NCC1CCC(C(=O)O)CC1)c1ccc(O)c(Cl)c1. The van der Waals surface area contributed by atoms with Crippen LogP contribution >= 0.6 is 11.6 Å². The van der Waals surface area contributed by atoms with E-state index in [-0.39, 0.29) is 22.6 Å². The lowest BCUT2D eigenvalue weighted by molar-refractivity contribution is -0.143. The molecule has 1 fully saturated rings. The van der Waals surface area contributed by atoms with Crippen LogP contribution in [-0.2, 0) is 4.79 Å². The summed E-state index contributed by atoms with van der Waals surface area (Å²) >= 11 is 5.77. The van der Waals surface area contributed by atoms with E-state index in [0.29, 0.717) is 30.9 Å². The van der Waals surface area contributed by atoms with Crippen molar-refractivity contribution in [2.45, 2.75) is 25.7 Å². The first-order valence-corrected chi connectivity index (χ1v) is 7.34. The van der Waals surface area contributed by atoms with Gasteiger partial charge in [0.05, 0.1) is 10.9 Å². The minimum absolute atomic E-state index is 0.0554. The van der Waals surface area contributed by atoms with Crippen LogP contribution in [0.15, 0.2) is 18.2 Å². The zero-order valence-corrected chi connectivity index (χ0v) is 12.3. The lowest BCUT2D eigenvalue weighted by Crippen LogP contribution is -2.32. The third-order valence-corrected chi connectivity index (χ3v) is 4.26. The van der Waals surface area contributed by atoms with Crippen LogP contribution in [0.5, 0.6) is 5.75 Å². The fourth-order valence-electron chi connectivity index (χ4n) is 2.60. The monoisotopic (exact) mass is 311 g/mol. The Morgan fingerprint density at radius 3 is 2.48 bits per heavy atom. The minimum Gasteiger partial charge on any atom is -0.506 e. The van der Waals surface area contributed by atoms with Crippen molar-refractivity contribution in [1.82, 2.24) is 5.32 Å². The van der Waals surface area contributed by atoms with Crippen molar-refractivity contribution < 1.29 is 19.8 Å². The first kappa shape index (κ1) is 15.6. The number of carboxylic acid groups (broad SMARTS) is 1. The minimum atomic E-state index is -0.726. The number of nitrogens with one attached hydrogen (secondary N) is 1. The number of rotatable bonds is 4. The molecule has 0 spiro atoms. The van der Waals surface area contributed by atoms with Crippen LogP contribution in [-0.4, -0.2) is 28.6 Å². The van der Waals surface area contributed by atoms with Gasteiger partial charge in [-0.05, 0) is 49.8 Å². The molecule has 21 heavy (non-hydrogen) atoms. The van der Waals surface area contributed by atoms with Crippen LogP contribution in [0.2, 0.25) is 5.02 Å². The van der Waals surface area contributed by atoms with Crippen molar-refractivity contribution in [3.63, 3.8) is 0 Å². The average Bonchev–Trinajstić information content (AvgIpc) is 2.48. The van der Waals surface area contributed by atoms with Crippen molar-refractivity contribution >= 4 is 23.5 Å². The lowest BCUT2D eigenvalue weighted by Gasteiger charge is -2.26. The van der Waals surface area contributed by atoms with Gasteiger partial charge in [-0.2, -0.15) is 0 Å². The highest BCUT2D eigenvalue weighted by atomic mass is 35.5. The molecular formula is C15H18ClNO4. The molecule has 1 aromatic rings. The Morgan fingerprint density at radius 1 is 1.24 bits per heavy atom. The van der Waals surface area contributed by atoms with Gasteiger partial charge in [-0.1, -0.05) is 11.6 Å². The number of benzene rings is 1. The summed E-state index contributed by atoms with van der Waals surface area (Å²) < 4.78 is 0. The molecule has 3 N–H and O–H groups in total. The molecule has 1 aliphatic rings. The van der Waals surface area contributed by atoms with Gasteiger partial charge < -0.3 is 15.5 Å². The maximum absolute atomic E-state index is 12.0. The molecule has 0 saturated heterocycles. The fraction of sp³-hybridized carbons (Fsp3) is 0.467. The first-order valence-electron chi connectivity index (χ1n) is 6.97. The number of carbonyl (C=O) groups excluding carboxylic acids is 1. The number of phenols is 1. The molecule has 0 aromatic heterocycles. The Kier molecular flexibility index (Phi) is 5.07. The van der Waals surface area contributed by atoms with E-state index in [1.807, 2.05) is 0 Å². The molecule has 114 valence electrons. The second-order valence-corrected chi connectivity index (χ2v) is 5.84. The van der Waals surface area contributed by atoms with Gasteiger partial charge in [-0.25, -0.2) is 0 Å². The highest BCUT2D eigenvalue weighted by molar-refractivity contribution is 6.32. The smallest absolute Gasteiger partial charge is 0.306 e. The predicted octanol–water partition coefficient (Wildman–Crippen LogP) is 2.67. The number of aliphatic carboxylic acids is 1. The molecular weight excluding hydrogens is 294 g/mol. The lowest BCUT2D eigenvalue weighted by atomic mass is 9.82. The number of hydrogen-bond donors (Lipinski definition) is 3. The van der Waals surface area contributed by atoms with E-state index in [9.17, 15) is 14.7 Å².